The Labute approximate surface area is 190 Å². The van der Waals surface area contributed by atoms with E-state index in [0.29, 0.717) is 31.9 Å². The molecule has 8 nitrogen and oxygen atoms in total. The number of ether oxygens (including phenoxy) is 1. The molecule has 3 heterocycles. The van der Waals surface area contributed by atoms with Crippen LogP contribution < -0.4 is 5.69 Å². The normalized spacial score (nSPS) is 14.5. The summed E-state index contributed by atoms with van der Waals surface area (Å²) in [4.78, 5) is 31.2. The Morgan fingerprint density at radius 3 is 2.52 bits per heavy atom. The highest BCUT2D eigenvalue weighted by Gasteiger charge is 2.29. The van der Waals surface area contributed by atoms with Crippen LogP contribution in [0.2, 0.25) is 0 Å². The zero-order valence-electron chi connectivity index (χ0n) is 17.2. The van der Waals surface area contributed by atoms with E-state index in [1.54, 1.807) is 17.0 Å². The number of amides is 1. The van der Waals surface area contributed by atoms with E-state index in [1.165, 1.54) is 41.2 Å². The number of benzene rings is 1. The van der Waals surface area contributed by atoms with Crippen LogP contribution in [0.3, 0.4) is 0 Å². The average molecular weight is 480 g/mol. The third kappa shape index (κ3) is 5.40. The van der Waals surface area contributed by atoms with E-state index in [0.717, 1.165) is 4.57 Å². The fourth-order valence-corrected chi connectivity index (χ4v) is 3.99. The van der Waals surface area contributed by atoms with Gasteiger partial charge in [-0.25, -0.2) is 9.36 Å². The van der Waals surface area contributed by atoms with Gasteiger partial charge in [0.15, 0.2) is 0 Å². The molecule has 0 unspecified atom stereocenters. The minimum atomic E-state index is -4.42. The smallest absolute Gasteiger partial charge is 0.446 e. The van der Waals surface area contributed by atoms with Crippen LogP contribution in [0.25, 0.3) is 5.69 Å². The Balaban J connectivity index is 1.54. The SMILES string of the molecule is O=C(c1cc(Cn2cc(O)n(-c3ccc(SC(F)(F)F)cc3)c2=O)ccn1)N1CCOCC1. The molecule has 1 fully saturated rings. The highest BCUT2D eigenvalue weighted by atomic mass is 32.2. The first kappa shape index (κ1) is 22.9. The molecule has 0 aliphatic carbocycles. The number of carbonyl (C=O) groups excluding carboxylic acids is 1. The molecular formula is C21H19F3N4O4S. The number of aromatic hydroxyl groups is 1. The molecule has 12 heteroatoms. The van der Waals surface area contributed by atoms with Crippen LogP contribution in [0.5, 0.6) is 5.88 Å². The lowest BCUT2D eigenvalue weighted by Gasteiger charge is -2.26. The van der Waals surface area contributed by atoms with Crippen molar-refractivity contribution in [3.05, 3.63) is 70.5 Å². The van der Waals surface area contributed by atoms with Gasteiger partial charge in [0.05, 0.1) is 31.6 Å². The summed E-state index contributed by atoms with van der Waals surface area (Å²) in [6, 6.07) is 8.34. The summed E-state index contributed by atoms with van der Waals surface area (Å²) in [5, 5.41) is 10.3. The largest absolute Gasteiger partial charge is 0.493 e. The number of rotatable bonds is 5. The van der Waals surface area contributed by atoms with E-state index in [1.807, 2.05) is 0 Å². The van der Waals surface area contributed by atoms with Gasteiger partial charge in [-0.05, 0) is 53.7 Å². The first-order valence-electron chi connectivity index (χ1n) is 9.90. The summed E-state index contributed by atoms with van der Waals surface area (Å²) in [7, 11) is 0. The second kappa shape index (κ2) is 9.32. The number of morpholine rings is 1. The Kier molecular flexibility index (Phi) is 6.47. The van der Waals surface area contributed by atoms with Gasteiger partial charge in [-0.1, -0.05) is 0 Å². The van der Waals surface area contributed by atoms with Gasteiger partial charge in [-0.2, -0.15) is 13.2 Å². The fourth-order valence-electron chi connectivity index (χ4n) is 3.45. The molecule has 1 aromatic carbocycles. The van der Waals surface area contributed by atoms with Crippen LogP contribution >= 0.6 is 11.8 Å². The zero-order chi connectivity index (χ0) is 23.6. The van der Waals surface area contributed by atoms with Gasteiger partial charge >= 0.3 is 11.2 Å². The number of alkyl halides is 3. The molecule has 1 aliphatic heterocycles. The number of hydrogen-bond donors (Lipinski definition) is 1. The predicted octanol–water partition coefficient (Wildman–Crippen LogP) is 2.87. The van der Waals surface area contributed by atoms with Crippen molar-refractivity contribution in [2.24, 2.45) is 0 Å². The topological polar surface area (TPSA) is 89.6 Å². The van der Waals surface area contributed by atoms with E-state index in [-0.39, 0.29) is 46.4 Å². The highest BCUT2D eigenvalue weighted by Crippen LogP contribution is 2.37. The quantitative estimate of drug-likeness (QED) is 0.565. The molecule has 1 saturated heterocycles. The van der Waals surface area contributed by atoms with Gasteiger partial charge in [-0.3, -0.25) is 14.3 Å². The van der Waals surface area contributed by atoms with Gasteiger partial charge in [0.1, 0.15) is 5.69 Å². The second-order valence-electron chi connectivity index (χ2n) is 7.23. The van der Waals surface area contributed by atoms with Crippen LogP contribution in [0, 0.1) is 0 Å². The molecule has 0 saturated carbocycles. The third-order valence-corrected chi connectivity index (χ3v) is 5.70. The van der Waals surface area contributed by atoms with Gasteiger partial charge in [-0.15, -0.1) is 0 Å². The van der Waals surface area contributed by atoms with Gasteiger partial charge in [0.25, 0.3) is 5.91 Å². The first-order valence-corrected chi connectivity index (χ1v) is 10.7. The molecule has 0 bridgehead atoms. The summed E-state index contributed by atoms with van der Waals surface area (Å²) < 4.78 is 45.0. The summed E-state index contributed by atoms with van der Waals surface area (Å²) in [5.41, 5.74) is -3.92. The lowest BCUT2D eigenvalue weighted by atomic mass is 10.2. The molecule has 4 rings (SSSR count). The van der Waals surface area contributed by atoms with Crippen molar-refractivity contribution >= 4 is 17.7 Å². The molecule has 1 N–H and O–H groups in total. The first-order chi connectivity index (χ1) is 15.7. The van der Waals surface area contributed by atoms with Crippen molar-refractivity contribution < 1.29 is 27.8 Å². The van der Waals surface area contributed by atoms with Crippen molar-refractivity contribution in [2.45, 2.75) is 16.9 Å². The molecule has 2 aromatic heterocycles. The number of hydrogen-bond acceptors (Lipinski definition) is 6. The third-order valence-electron chi connectivity index (χ3n) is 4.96. The fraction of sp³-hybridized carbons (Fsp3) is 0.286. The Morgan fingerprint density at radius 2 is 1.85 bits per heavy atom. The predicted molar refractivity (Wildman–Crippen MR) is 114 cm³/mol. The van der Waals surface area contributed by atoms with E-state index < -0.39 is 11.2 Å². The Morgan fingerprint density at radius 1 is 1.15 bits per heavy atom. The van der Waals surface area contributed by atoms with E-state index in [4.69, 9.17) is 4.74 Å². The summed E-state index contributed by atoms with van der Waals surface area (Å²) in [6.07, 6.45) is 2.70. The van der Waals surface area contributed by atoms with Crippen LogP contribution in [-0.2, 0) is 11.3 Å². The molecule has 0 radical (unpaired) electrons. The molecule has 0 atom stereocenters. The maximum Gasteiger partial charge on any atom is 0.446 e. The minimum absolute atomic E-state index is 0.0347. The Bertz CT molecular complexity index is 1200. The molecule has 33 heavy (non-hydrogen) atoms. The number of thioether (sulfide) groups is 1. The van der Waals surface area contributed by atoms with Gasteiger partial charge in [0, 0.05) is 24.2 Å². The van der Waals surface area contributed by atoms with Crippen molar-refractivity contribution in [3.8, 4) is 11.6 Å². The lowest BCUT2D eigenvalue weighted by molar-refractivity contribution is -0.0328. The summed E-state index contributed by atoms with van der Waals surface area (Å²) >= 11 is -0.265. The second-order valence-corrected chi connectivity index (χ2v) is 8.37. The molecular weight excluding hydrogens is 461 g/mol. The molecule has 1 amide bonds. The van der Waals surface area contributed by atoms with Crippen LogP contribution in [0.1, 0.15) is 16.1 Å². The Hall–Kier alpha value is -3.25. The number of aromatic nitrogens is 3. The molecule has 0 spiro atoms. The highest BCUT2D eigenvalue weighted by molar-refractivity contribution is 8.00. The van der Waals surface area contributed by atoms with Gasteiger partial charge in [0.2, 0.25) is 5.88 Å². The van der Waals surface area contributed by atoms with Crippen LogP contribution in [0.15, 0.2) is 58.5 Å². The van der Waals surface area contributed by atoms with Crippen LogP contribution in [0.4, 0.5) is 13.2 Å². The monoisotopic (exact) mass is 480 g/mol. The van der Waals surface area contributed by atoms with Crippen molar-refractivity contribution in [2.75, 3.05) is 26.3 Å². The number of nitrogens with zero attached hydrogens (tertiary/aromatic N) is 4. The van der Waals surface area contributed by atoms with Crippen molar-refractivity contribution in [3.63, 3.8) is 0 Å². The number of halogens is 3. The molecule has 1 aliphatic rings. The standard InChI is InChI=1S/C21H19F3N4O4S/c22-21(23,24)33-16-3-1-15(2-4-16)28-18(29)13-27(20(28)31)12-14-5-6-25-17(11-14)19(30)26-7-9-32-10-8-26/h1-6,11,13,29H,7-10,12H2. The minimum Gasteiger partial charge on any atom is -0.493 e. The number of imidazole rings is 1. The zero-order valence-corrected chi connectivity index (χ0v) is 18.0. The maximum atomic E-state index is 12.9. The molecule has 174 valence electrons. The number of pyridine rings is 1. The van der Waals surface area contributed by atoms with E-state index >= 15 is 0 Å². The van der Waals surface area contributed by atoms with Crippen molar-refractivity contribution in [1.82, 2.24) is 19.0 Å². The van der Waals surface area contributed by atoms with Crippen molar-refractivity contribution in [1.29, 1.82) is 0 Å². The van der Waals surface area contributed by atoms with E-state index in [9.17, 15) is 27.9 Å². The van der Waals surface area contributed by atoms with E-state index in [2.05, 4.69) is 4.98 Å². The lowest BCUT2D eigenvalue weighted by Crippen LogP contribution is -2.41. The summed E-state index contributed by atoms with van der Waals surface area (Å²) in [5.74, 6) is -0.598. The maximum absolute atomic E-state index is 12.9. The number of carbonyl (C=O) groups is 1. The summed E-state index contributed by atoms with van der Waals surface area (Å²) in [6.45, 7) is 1.93. The van der Waals surface area contributed by atoms with Crippen LogP contribution in [-0.4, -0.2) is 61.8 Å². The average Bonchev–Trinajstić information content (AvgIpc) is 3.06. The molecule has 3 aromatic rings. The van der Waals surface area contributed by atoms with Gasteiger partial charge < -0.3 is 14.7 Å².